The maximum absolute atomic E-state index is 14.0. The van der Waals surface area contributed by atoms with Crippen LogP contribution in [0.5, 0.6) is 5.75 Å². The first kappa shape index (κ1) is 22.5. The van der Waals surface area contributed by atoms with Crippen LogP contribution < -0.4 is 10.1 Å². The third-order valence-electron chi connectivity index (χ3n) is 5.79. The number of amides is 2. The summed E-state index contributed by atoms with van der Waals surface area (Å²) in [6.07, 6.45) is 3.69. The summed E-state index contributed by atoms with van der Waals surface area (Å²) in [5.41, 5.74) is 0.173. The second-order valence-corrected chi connectivity index (χ2v) is 9.70. The molecule has 8 nitrogen and oxygen atoms in total. The van der Waals surface area contributed by atoms with Crippen molar-refractivity contribution in [2.45, 2.75) is 31.7 Å². The molecule has 166 valence electrons. The first-order chi connectivity index (χ1) is 14.2. The number of fused-ring (bicyclic) bond motifs is 1. The molecule has 2 fully saturated rings. The lowest BCUT2D eigenvalue weighted by atomic mass is 10.0. The predicted molar refractivity (Wildman–Crippen MR) is 109 cm³/mol. The van der Waals surface area contributed by atoms with E-state index in [-0.39, 0.29) is 54.7 Å². The van der Waals surface area contributed by atoms with Crippen LogP contribution in [0.2, 0.25) is 0 Å². The molecule has 2 amide bonds. The number of benzene rings is 1. The van der Waals surface area contributed by atoms with Gasteiger partial charge in [0.1, 0.15) is 0 Å². The van der Waals surface area contributed by atoms with Crippen LogP contribution in [0.4, 0.5) is 4.39 Å². The first-order valence-electron chi connectivity index (χ1n) is 10.1. The van der Waals surface area contributed by atoms with Crippen LogP contribution in [0.1, 0.15) is 36.0 Å². The fourth-order valence-electron chi connectivity index (χ4n) is 4.33. The maximum atomic E-state index is 14.0. The van der Waals surface area contributed by atoms with Gasteiger partial charge < -0.3 is 15.0 Å². The van der Waals surface area contributed by atoms with Gasteiger partial charge in [-0.3, -0.25) is 9.59 Å². The number of methoxy groups -OCH3 is 1. The van der Waals surface area contributed by atoms with Gasteiger partial charge in [-0.05, 0) is 37.5 Å². The van der Waals surface area contributed by atoms with E-state index in [1.54, 1.807) is 0 Å². The average molecular weight is 442 g/mol. The Morgan fingerprint density at radius 2 is 1.97 bits per heavy atom. The highest BCUT2D eigenvalue weighted by Gasteiger charge is 2.40. The molecule has 1 N–H and O–H groups in total. The molecule has 2 aliphatic rings. The second-order valence-electron chi connectivity index (χ2n) is 7.76. The van der Waals surface area contributed by atoms with Crippen molar-refractivity contribution in [3.05, 3.63) is 29.6 Å². The molecular weight excluding hydrogens is 413 g/mol. The van der Waals surface area contributed by atoms with E-state index in [1.807, 2.05) is 0 Å². The van der Waals surface area contributed by atoms with Gasteiger partial charge in [0.25, 0.3) is 5.91 Å². The Kier molecular flexibility index (Phi) is 6.97. The number of hydrogen-bond donors (Lipinski definition) is 1. The van der Waals surface area contributed by atoms with E-state index in [4.69, 9.17) is 4.74 Å². The van der Waals surface area contributed by atoms with E-state index >= 15 is 0 Å². The maximum Gasteiger partial charge on any atom is 0.254 e. The highest BCUT2D eigenvalue weighted by Crippen LogP contribution is 2.32. The van der Waals surface area contributed by atoms with Crippen LogP contribution in [0.3, 0.4) is 0 Å². The lowest BCUT2D eigenvalue weighted by Gasteiger charge is -2.30. The van der Waals surface area contributed by atoms with E-state index < -0.39 is 15.8 Å². The largest absolute Gasteiger partial charge is 0.494 e. The molecule has 10 heteroatoms. The Hall–Kier alpha value is -2.20. The summed E-state index contributed by atoms with van der Waals surface area (Å²) in [6.45, 7) is 1.04. The molecule has 2 atom stereocenters. The molecule has 1 aliphatic heterocycles. The molecule has 0 spiro atoms. The first-order valence-corrected chi connectivity index (χ1v) is 11.9. The minimum atomic E-state index is -3.50. The van der Waals surface area contributed by atoms with Gasteiger partial charge in [-0.1, -0.05) is 6.42 Å². The van der Waals surface area contributed by atoms with Gasteiger partial charge >= 0.3 is 0 Å². The number of halogens is 1. The number of sulfonamides is 1. The lowest BCUT2D eigenvalue weighted by molar-refractivity contribution is -0.125. The number of carbonyl (C=O) groups excluding carboxylic acids is 2. The number of nitrogens with one attached hydrogen (secondary N) is 1. The molecule has 1 saturated heterocycles. The third kappa shape index (κ3) is 4.92. The topological polar surface area (TPSA) is 96.0 Å². The van der Waals surface area contributed by atoms with Crippen molar-refractivity contribution in [1.82, 2.24) is 14.5 Å². The molecule has 1 aromatic rings. The standard InChI is InChI=1S/C20H28FN3O5S/c1-29-18-8-7-14(13-16(18)21)20(26)23-10-4-11-24(30(2,27)28)17-6-3-5-15(17)19(25)22-9-12-23/h7-8,13,15,17H,3-6,9-12H2,1-2H3,(H,22,25). The number of nitrogens with zero attached hydrogens (tertiary/aromatic N) is 2. The minimum absolute atomic E-state index is 0.0478. The van der Waals surface area contributed by atoms with Gasteiger partial charge in [0, 0.05) is 37.8 Å². The molecule has 0 radical (unpaired) electrons. The fourth-order valence-corrected chi connectivity index (χ4v) is 5.53. The van der Waals surface area contributed by atoms with Crippen LogP contribution in [0, 0.1) is 11.7 Å². The molecule has 30 heavy (non-hydrogen) atoms. The smallest absolute Gasteiger partial charge is 0.254 e. The van der Waals surface area contributed by atoms with Crippen LogP contribution >= 0.6 is 0 Å². The van der Waals surface area contributed by atoms with Crippen molar-refractivity contribution in [3.8, 4) is 5.75 Å². The molecular formula is C20H28FN3O5S. The summed E-state index contributed by atoms with van der Waals surface area (Å²) in [4.78, 5) is 27.1. The van der Waals surface area contributed by atoms with Crippen molar-refractivity contribution in [2.24, 2.45) is 5.92 Å². The predicted octanol–water partition coefficient (Wildman–Crippen LogP) is 1.23. The molecule has 0 aromatic heterocycles. The summed E-state index contributed by atoms with van der Waals surface area (Å²) in [5, 5.41) is 2.84. The van der Waals surface area contributed by atoms with Gasteiger partial charge in [0.15, 0.2) is 11.6 Å². The summed E-state index contributed by atoms with van der Waals surface area (Å²) in [6, 6.07) is 3.65. The summed E-state index contributed by atoms with van der Waals surface area (Å²) < 4.78 is 45.1. The van der Waals surface area contributed by atoms with Gasteiger partial charge in [-0.25, -0.2) is 12.8 Å². The fraction of sp³-hybridized carbons (Fsp3) is 0.600. The molecule has 1 aromatic carbocycles. The zero-order chi connectivity index (χ0) is 21.9. The van der Waals surface area contributed by atoms with E-state index in [9.17, 15) is 22.4 Å². The Morgan fingerprint density at radius 3 is 2.63 bits per heavy atom. The van der Waals surface area contributed by atoms with Gasteiger partial charge in [-0.15, -0.1) is 0 Å². The second kappa shape index (κ2) is 9.30. The summed E-state index contributed by atoms with van der Waals surface area (Å²) >= 11 is 0. The minimum Gasteiger partial charge on any atom is -0.494 e. The monoisotopic (exact) mass is 441 g/mol. The van der Waals surface area contributed by atoms with Crippen molar-refractivity contribution in [2.75, 3.05) is 39.5 Å². The third-order valence-corrected chi connectivity index (χ3v) is 7.09. The Bertz CT molecular complexity index is 908. The van der Waals surface area contributed by atoms with Crippen LogP contribution in [0.15, 0.2) is 18.2 Å². The zero-order valence-electron chi connectivity index (χ0n) is 17.3. The summed E-state index contributed by atoms with van der Waals surface area (Å²) in [5.74, 6) is -1.53. The van der Waals surface area contributed by atoms with Crippen LogP contribution in [-0.2, 0) is 14.8 Å². The van der Waals surface area contributed by atoms with E-state index in [2.05, 4.69) is 5.32 Å². The number of carbonyl (C=O) groups is 2. The Balaban J connectivity index is 1.80. The van der Waals surface area contributed by atoms with Crippen molar-refractivity contribution in [3.63, 3.8) is 0 Å². The van der Waals surface area contributed by atoms with Gasteiger partial charge in [-0.2, -0.15) is 4.31 Å². The zero-order valence-corrected chi connectivity index (χ0v) is 18.1. The highest BCUT2D eigenvalue weighted by molar-refractivity contribution is 7.88. The van der Waals surface area contributed by atoms with Gasteiger partial charge in [0.05, 0.1) is 19.3 Å². The van der Waals surface area contributed by atoms with Crippen molar-refractivity contribution >= 4 is 21.8 Å². The van der Waals surface area contributed by atoms with E-state index in [0.29, 0.717) is 25.8 Å². The van der Waals surface area contributed by atoms with E-state index in [1.165, 1.54) is 28.4 Å². The lowest BCUT2D eigenvalue weighted by Crippen LogP contribution is -2.47. The molecule has 0 bridgehead atoms. The van der Waals surface area contributed by atoms with Crippen LogP contribution in [-0.4, -0.2) is 75.0 Å². The Labute approximate surface area is 176 Å². The summed E-state index contributed by atoms with van der Waals surface area (Å²) in [7, 11) is -2.15. The van der Waals surface area contributed by atoms with Gasteiger partial charge in [0.2, 0.25) is 15.9 Å². The number of hydrogen-bond acceptors (Lipinski definition) is 5. The number of rotatable bonds is 3. The normalized spacial score (nSPS) is 24.0. The van der Waals surface area contributed by atoms with E-state index in [0.717, 1.165) is 18.7 Å². The number of ether oxygens (including phenoxy) is 1. The van der Waals surface area contributed by atoms with Crippen molar-refractivity contribution in [1.29, 1.82) is 0 Å². The quantitative estimate of drug-likeness (QED) is 0.761. The molecule has 1 heterocycles. The molecule has 3 rings (SSSR count). The average Bonchev–Trinajstić information content (AvgIpc) is 3.16. The van der Waals surface area contributed by atoms with Crippen LogP contribution in [0.25, 0.3) is 0 Å². The van der Waals surface area contributed by atoms with Crippen molar-refractivity contribution < 1.29 is 27.1 Å². The SMILES string of the molecule is COc1ccc(C(=O)N2CCCN(S(C)(=O)=O)C3CCCC3C(=O)NCC2)cc1F. The molecule has 1 aliphatic carbocycles. The Morgan fingerprint density at radius 1 is 1.20 bits per heavy atom. The highest BCUT2D eigenvalue weighted by atomic mass is 32.2. The molecule has 1 saturated carbocycles. The molecule has 2 unspecified atom stereocenters.